The Kier molecular flexibility index (Phi) is 5.61. The third-order valence-electron chi connectivity index (χ3n) is 3.66. The second-order valence-corrected chi connectivity index (χ2v) is 6.30. The van der Waals surface area contributed by atoms with E-state index in [1.54, 1.807) is 0 Å². The zero-order valence-electron chi connectivity index (χ0n) is 12.2. The van der Waals surface area contributed by atoms with E-state index >= 15 is 0 Å². The van der Waals surface area contributed by atoms with Crippen molar-refractivity contribution < 1.29 is 4.79 Å². The van der Waals surface area contributed by atoms with Gasteiger partial charge in [-0.2, -0.15) is 0 Å². The molecule has 1 fully saturated rings. The van der Waals surface area contributed by atoms with Crippen LogP contribution in [0.5, 0.6) is 0 Å². The van der Waals surface area contributed by atoms with Crippen molar-refractivity contribution in [1.82, 2.24) is 5.32 Å². The van der Waals surface area contributed by atoms with Crippen molar-refractivity contribution in [3.05, 3.63) is 28.2 Å². The van der Waals surface area contributed by atoms with E-state index in [2.05, 4.69) is 31.6 Å². The zero-order chi connectivity index (χ0) is 15.2. The number of carbonyl (C=O) groups is 1. The molecule has 6 heteroatoms. The Morgan fingerprint density at radius 3 is 2.90 bits per heavy atom. The first-order valence-electron chi connectivity index (χ1n) is 7.14. The number of aryl methyl sites for hydroxylation is 1. The molecule has 1 aromatic rings. The van der Waals surface area contributed by atoms with Gasteiger partial charge in [-0.25, -0.2) is 4.99 Å². The van der Waals surface area contributed by atoms with Crippen LogP contribution >= 0.6 is 15.9 Å². The van der Waals surface area contributed by atoms with Gasteiger partial charge in [-0.1, -0.05) is 28.4 Å². The zero-order valence-corrected chi connectivity index (χ0v) is 13.7. The molecule has 0 radical (unpaired) electrons. The van der Waals surface area contributed by atoms with Crippen LogP contribution in [0.2, 0.25) is 0 Å². The highest BCUT2D eigenvalue weighted by Gasteiger charge is 2.16. The highest BCUT2D eigenvalue weighted by atomic mass is 79.9. The fourth-order valence-electron chi connectivity index (χ4n) is 2.08. The van der Waals surface area contributed by atoms with Gasteiger partial charge in [0.15, 0.2) is 5.96 Å². The van der Waals surface area contributed by atoms with Crippen LogP contribution in [-0.4, -0.2) is 25.0 Å². The van der Waals surface area contributed by atoms with Gasteiger partial charge in [0.05, 0.1) is 0 Å². The molecule has 0 aliphatic heterocycles. The molecule has 1 aliphatic rings. The summed E-state index contributed by atoms with van der Waals surface area (Å²) >= 11 is 3.39. The Bertz CT molecular complexity index is 540. The average Bonchev–Trinajstić information content (AvgIpc) is 2.39. The molecular formula is C15H21BrN4O. The second-order valence-electron chi connectivity index (χ2n) is 5.39. The van der Waals surface area contributed by atoms with Crippen LogP contribution in [-0.2, 0) is 4.79 Å². The Hall–Kier alpha value is -1.56. The van der Waals surface area contributed by atoms with Crippen LogP contribution in [0.4, 0.5) is 5.69 Å². The molecule has 0 aromatic heterocycles. The van der Waals surface area contributed by atoms with Gasteiger partial charge >= 0.3 is 0 Å². The predicted molar refractivity (Wildman–Crippen MR) is 89.3 cm³/mol. The molecule has 1 aromatic carbocycles. The highest BCUT2D eigenvalue weighted by Crippen LogP contribution is 2.25. The summed E-state index contributed by atoms with van der Waals surface area (Å²) in [7, 11) is 0. The van der Waals surface area contributed by atoms with Crippen molar-refractivity contribution in [3.8, 4) is 0 Å². The van der Waals surface area contributed by atoms with E-state index in [1.165, 1.54) is 19.3 Å². The molecule has 2 rings (SSSR count). The number of amides is 1. The van der Waals surface area contributed by atoms with Crippen LogP contribution in [0.15, 0.2) is 27.7 Å². The summed E-state index contributed by atoms with van der Waals surface area (Å²) in [5.41, 5.74) is 7.54. The molecular weight excluding hydrogens is 332 g/mol. The normalized spacial score (nSPS) is 15.4. The number of guanidine groups is 1. The minimum absolute atomic E-state index is 0.0233. The number of halogens is 1. The van der Waals surface area contributed by atoms with Gasteiger partial charge in [-0.3, -0.25) is 4.79 Å². The summed E-state index contributed by atoms with van der Waals surface area (Å²) in [6.07, 6.45) is 3.81. The number of rotatable bonds is 5. The summed E-state index contributed by atoms with van der Waals surface area (Å²) in [5, 5.41) is 5.90. The molecule has 5 nitrogen and oxygen atoms in total. The van der Waals surface area contributed by atoms with E-state index in [1.807, 2.05) is 25.1 Å². The standard InChI is InChI=1S/C15H21BrN4O/c1-10-5-6-12(16)7-13(10)20-14(21)9-19-15(17)18-8-11-3-2-4-11/h5-7,11H,2-4,8-9H2,1H3,(H,20,21)(H3,17,18,19). The SMILES string of the molecule is Cc1ccc(Br)cc1NC(=O)CN=C(N)NCC1CCC1. The smallest absolute Gasteiger partial charge is 0.246 e. The van der Waals surface area contributed by atoms with Crippen LogP contribution in [0.1, 0.15) is 24.8 Å². The minimum atomic E-state index is -0.176. The number of carbonyl (C=O) groups excluding carboxylic acids is 1. The van der Waals surface area contributed by atoms with Gasteiger partial charge in [-0.05, 0) is 43.4 Å². The fourth-order valence-corrected chi connectivity index (χ4v) is 2.44. The van der Waals surface area contributed by atoms with E-state index < -0.39 is 0 Å². The van der Waals surface area contributed by atoms with Crippen molar-refractivity contribution in [2.45, 2.75) is 26.2 Å². The van der Waals surface area contributed by atoms with Crippen LogP contribution in [0.25, 0.3) is 0 Å². The number of anilines is 1. The van der Waals surface area contributed by atoms with Crippen LogP contribution < -0.4 is 16.4 Å². The Labute approximate surface area is 133 Å². The first-order valence-corrected chi connectivity index (χ1v) is 7.93. The molecule has 114 valence electrons. The Balaban J connectivity index is 1.79. The van der Waals surface area contributed by atoms with Crippen molar-refractivity contribution in [3.63, 3.8) is 0 Å². The number of aliphatic imine (C=N–C) groups is 1. The lowest BCUT2D eigenvalue weighted by Crippen LogP contribution is -2.37. The topological polar surface area (TPSA) is 79.5 Å². The molecule has 0 bridgehead atoms. The van der Waals surface area contributed by atoms with E-state index in [9.17, 15) is 4.79 Å². The van der Waals surface area contributed by atoms with E-state index in [-0.39, 0.29) is 12.5 Å². The maximum atomic E-state index is 11.9. The molecule has 0 atom stereocenters. The summed E-state index contributed by atoms with van der Waals surface area (Å²) in [4.78, 5) is 15.9. The summed E-state index contributed by atoms with van der Waals surface area (Å²) in [5.74, 6) is 0.865. The van der Waals surface area contributed by atoms with E-state index in [0.717, 1.165) is 22.3 Å². The van der Waals surface area contributed by atoms with Gasteiger partial charge < -0.3 is 16.4 Å². The number of benzene rings is 1. The molecule has 1 amide bonds. The molecule has 1 saturated carbocycles. The number of nitrogens with zero attached hydrogens (tertiary/aromatic N) is 1. The van der Waals surface area contributed by atoms with Crippen molar-refractivity contribution in [2.75, 3.05) is 18.4 Å². The van der Waals surface area contributed by atoms with Crippen molar-refractivity contribution in [2.24, 2.45) is 16.6 Å². The number of nitrogens with one attached hydrogen (secondary N) is 2. The van der Waals surface area contributed by atoms with E-state index in [4.69, 9.17) is 5.73 Å². The maximum Gasteiger partial charge on any atom is 0.246 e. The summed E-state index contributed by atoms with van der Waals surface area (Å²) < 4.78 is 0.925. The molecule has 1 aliphatic carbocycles. The van der Waals surface area contributed by atoms with Gasteiger partial charge in [0.1, 0.15) is 6.54 Å². The van der Waals surface area contributed by atoms with E-state index in [0.29, 0.717) is 11.9 Å². The fraction of sp³-hybridized carbons (Fsp3) is 0.467. The first kappa shape index (κ1) is 15.8. The van der Waals surface area contributed by atoms with Gasteiger partial charge in [0.25, 0.3) is 0 Å². The first-order chi connectivity index (χ1) is 10.0. The van der Waals surface area contributed by atoms with Gasteiger partial charge in [-0.15, -0.1) is 0 Å². The molecule has 4 N–H and O–H groups in total. The summed E-state index contributed by atoms with van der Waals surface area (Å²) in [6, 6.07) is 5.75. The minimum Gasteiger partial charge on any atom is -0.370 e. The highest BCUT2D eigenvalue weighted by molar-refractivity contribution is 9.10. The molecule has 0 heterocycles. The Morgan fingerprint density at radius 2 is 2.24 bits per heavy atom. The lowest BCUT2D eigenvalue weighted by Gasteiger charge is -2.25. The maximum absolute atomic E-state index is 11.9. The summed E-state index contributed by atoms with van der Waals surface area (Å²) in [6.45, 7) is 2.82. The average molecular weight is 353 g/mol. The quantitative estimate of drug-likeness (QED) is 0.562. The predicted octanol–water partition coefficient (Wildman–Crippen LogP) is 2.40. The van der Waals surface area contributed by atoms with Crippen molar-refractivity contribution in [1.29, 1.82) is 0 Å². The molecule has 0 spiro atoms. The largest absolute Gasteiger partial charge is 0.370 e. The van der Waals surface area contributed by atoms with Crippen molar-refractivity contribution >= 4 is 33.5 Å². The van der Waals surface area contributed by atoms with Crippen LogP contribution in [0.3, 0.4) is 0 Å². The second kappa shape index (κ2) is 7.45. The number of hydrogen-bond acceptors (Lipinski definition) is 2. The Morgan fingerprint density at radius 1 is 1.48 bits per heavy atom. The molecule has 21 heavy (non-hydrogen) atoms. The van der Waals surface area contributed by atoms with Gasteiger partial charge in [0.2, 0.25) is 5.91 Å². The third-order valence-corrected chi connectivity index (χ3v) is 4.16. The van der Waals surface area contributed by atoms with Gasteiger partial charge in [0, 0.05) is 16.7 Å². The molecule has 0 unspecified atom stereocenters. The number of hydrogen-bond donors (Lipinski definition) is 3. The lowest BCUT2D eigenvalue weighted by atomic mass is 9.85. The van der Waals surface area contributed by atoms with Crippen LogP contribution in [0, 0.1) is 12.8 Å². The third kappa shape index (κ3) is 5.04. The molecule has 0 saturated heterocycles. The number of nitrogens with two attached hydrogens (primary N) is 1. The lowest BCUT2D eigenvalue weighted by molar-refractivity contribution is -0.114. The monoisotopic (exact) mass is 352 g/mol.